The number of ether oxygens (including phenoxy) is 1. The SMILES string of the molecule is COC(C(=O)N1CCCc2cccc(O)c21)c1ccccc1. The van der Waals surface area contributed by atoms with Crippen molar-refractivity contribution in [2.45, 2.75) is 18.9 Å². The van der Waals surface area contributed by atoms with E-state index in [1.807, 2.05) is 42.5 Å². The monoisotopic (exact) mass is 297 g/mol. The molecule has 1 unspecified atom stereocenters. The van der Waals surface area contributed by atoms with Crippen molar-refractivity contribution in [2.24, 2.45) is 0 Å². The van der Waals surface area contributed by atoms with Crippen LogP contribution in [0.5, 0.6) is 5.75 Å². The van der Waals surface area contributed by atoms with Crippen LogP contribution in [0, 0.1) is 0 Å². The predicted octanol–water partition coefficient (Wildman–Crippen LogP) is 3.06. The number of anilines is 1. The molecular formula is C18H19NO3. The van der Waals surface area contributed by atoms with Crippen LogP contribution in [0.4, 0.5) is 5.69 Å². The van der Waals surface area contributed by atoms with Crippen LogP contribution >= 0.6 is 0 Å². The van der Waals surface area contributed by atoms with E-state index in [1.165, 1.54) is 7.11 Å². The normalized spacial score (nSPS) is 15.2. The smallest absolute Gasteiger partial charge is 0.260 e. The van der Waals surface area contributed by atoms with Gasteiger partial charge in [-0.2, -0.15) is 0 Å². The molecule has 22 heavy (non-hydrogen) atoms. The van der Waals surface area contributed by atoms with E-state index < -0.39 is 6.10 Å². The molecule has 1 aliphatic heterocycles. The summed E-state index contributed by atoms with van der Waals surface area (Å²) in [5, 5.41) is 10.2. The Bertz CT molecular complexity index is 669. The zero-order valence-corrected chi connectivity index (χ0v) is 12.5. The summed E-state index contributed by atoms with van der Waals surface area (Å²) in [6.07, 6.45) is 1.09. The Balaban J connectivity index is 1.96. The molecule has 4 heteroatoms. The summed E-state index contributed by atoms with van der Waals surface area (Å²) in [6, 6.07) is 14.8. The van der Waals surface area contributed by atoms with Gasteiger partial charge in [0.2, 0.25) is 0 Å². The van der Waals surface area contributed by atoms with Crippen LogP contribution in [0.15, 0.2) is 48.5 Å². The third-order valence-corrected chi connectivity index (χ3v) is 4.02. The Kier molecular flexibility index (Phi) is 4.11. The summed E-state index contributed by atoms with van der Waals surface area (Å²) in [5.74, 6) is 0.00427. The Morgan fingerprint density at radius 3 is 2.68 bits per heavy atom. The molecule has 1 amide bonds. The number of phenols is 1. The summed E-state index contributed by atoms with van der Waals surface area (Å²) in [5.41, 5.74) is 2.44. The number of aromatic hydroxyl groups is 1. The molecule has 114 valence electrons. The minimum atomic E-state index is -0.660. The van der Waals surface area contributed by atoms with Crippen LogP contribution in [0.2, 0.25) is 0 Å². The number of hydrogen-bond acceptors (Lipinski definition) is 3. The fourth-order valence-corrected chi connectivity index (χ4v) is 3.00. The molecule has 0 saturated carbocycles. The van der Waals surface area contributed by atoms with E-state index in [0.717, 1.165) is 24.0 Å². The molecule has 0 aliphatic carbocycles. The number of fused-ring (bicyclic) bond motifs is 1. The van der Waals surface area contributed by atoms with Crippen LogP contribution in [0.25, 0.3) is 0 Å². The van der Waals surface area contributed by atoms with Crippen molar-refractivity contribution in [3.63, 3.8) is 0 Å². The maximum absolute atomic E-state index is 12.9. The maximum Gasteiger partial charge on any atom is 0.260 e. The van der Waals surface area contributed by atoms with E-state index >= 15 is 0 Å². The van der Waals surface area contributed by atoms with Gasteiger partial charge in [0.05, 0.1) is 5.69 Å². The van der Waals surface area contributed by atoms with Gasteiger partial charge in [-0.25, -0.2) is 0 Å². The molecule has 0 spiro atoms. The van der Waals surface area contributed by atoms with Gasteiger partial charge in [-0.15, -0.1) is 0 Å². The molecule has 1 aliphatic rings. The minimum absolute atomic E-state index is 0.142. The van der Waals surface area contributed by atoms with Gasteiger partial charge in [0, 0.05) is 13.7 Å². The van der Waals surface area contributed by atoms with Crippen molar-refractivity contribution < 1.29 is 14.6 Å². The molecule has 4 nitrogen and oxygen atoms in total. The Morgan fingerprint density at radius 2 is 1.95 bits per heavy atom. The second kappa shape index (κ2) is 6.20. The average Bonchev–Trinajstić information content (AvgIpc) is 2.56. The topological polar surface area (TPSA) is 49.8 Å². The van der Waals surface area contributed by atoms with Crippen molar-refractivity contribution in [3.05, 3.63) is 59.7 Å². The van der Waals surface area contributed by atoms with E-state index in [-0.39, 0.29) is 11.7 Å². The van der Waals surface area contributed by atoms with Crippen molar-refractivity contribution in [1.29, 1.82) is 0 Å². The third kappa shape index (κ3) is 2.57. The molecular weight excluding hydrogens is 278 g/mol. The zero-order valence-electron chi connectivity index (χ0n) is 12.5. The highest BCUT2D eigenvalue weighted by atomic mass is 16.5. The van der Waals surface area contributed by atoms with Gasteiger partial charge in [0.15, 0.2) is 6.10 Å². The number of carbonyl (C=O) groups excluding carboxylic acids is 1. The lowest BCUT2D eigenvalue weighted by Gasteiger charge is -2.32. The van der Waals surface area contributed by atoms with Gasteiger partial charge in [0.25, 0.3) is 5.91 Å². The highest BCUT2D eigenvalue weighted by Gasteiger charge is 2.31. The Hall–Kier alpha value is -2.33. The molecule has 2 aromatic carbocycles. The van der Waals surface area contributed by atoms with Crippen LogP contribution in [-0.4, -0.2) is 24.7 Å². The number of carbonyl (C=O) groups is 1. The molecule has 0 radical (unpaired) electrons. The Labute approximate surface area is 130 Å². The molecule has 1 N–H and O–H groups in total. The number of nitrogens with zero attached hydrogens (tertiary/aromatic N) is 1. The van der Waals surface area contributed by atoms with E-state index in [2.05, 4.69) is 0 Å². The molecule has 0 aromatic heterocycles. The zero-order chi connectivity index (χ0) is 15.5. The number of rotatable bonds is 3. The molecule has 2 aromatic rings. The summed E-state index contributed by atoms with van der Waals surface area (Å²) >= 11 is 0. The van der Waals surface area contributed by atoms with Crippen LogP contribution in [0.3, 0.4) is 0 Å². The maximum atomic E-state index is 12.9. The fourth-order valence-electron chi connectivity index (χ4n) is 3.00. The lowest BCUT2D eigenvalue weighted by atomic mass is 9.99. The van der Waals surface area contributed by atoms with Crippen LogP contribution < -0.4 is 4.90 Å². The van der Waals surface area contributed by atoms with E-state index in [4.69, 9.17) is 4.74 Å². The van der Waals surface area contributed by atoms with Gasteiger partial charge in [-0.3, -0.25) is 4.79 Å². The largest absolute Gasteiger partial charge is 0.506 e. The molecule has 1 atom stereocenters. The molecule has 0 saturated heterocycles. The first kappa shape index (κ1) is 14.6. The number of aryl methyl sites for hydroxylation is 1. The lowest BCUT2D eigenvalue weighted by molar-refractivity contribution is -0.128. The van der Waals surface area contributed by atoms with Crippen molar-refractivity contribution in [1.82, 2.24) is 0 Å². The summed E-state index contributed by atoms with van der Waals surface area (Å²) in [7, 11) is 1.53. The summed E-state index contributed by atoms with van der Waals surface area (Å²) in [4.78, 5) is 14.6. The quantitative estimate of drug-likeness (QED) is 0.947. The van der Waals surface area contributed by atoms with Gasteiger partial charge in [-0.05, 0) is 30.0 Å². The second-order valence-corrected chi connectivity index (χ2v) is 5.40. The lowest BCUT2D eigenvalue weighted by Crippen LogP contribution is -2.39. The van der Waals surface area contributed by atoms with E-state index in [0.29, 0.717) is 12.2 Å². The van der Waals surface area contributed by atoms with Crippen LogP contribution in [-0.2, 0) is 16.0 Å². The molecule has 1 heterocycles. The Morgan fingerprint density at radius 1 is 1.18 bits per heavy atom. The van der Waals surface area contributed by atoms with Gasteiger partial charge in [0.1, 0.15) is 5.75 Å². The second-order valence-electron chi connectivity index (χ2n) is 5.40. The number of hydrogen-bond donors (Lipinski definition) is 1. The number of amides is 1. The van der Waals surface area contributed by atoms with Crippen molar-refractivity contribution >= 4 is 11.6 Å². The first-order chi connectivity index (χ1) is 10.7. The number of benzene rings is 2. The predicted molar refractivity (Wildman–Crippen MR) is 85.0 cm³/mol. The van der Waals surface area contributed by atoms with Gasteiger partial charge in [-0.1, -0.05) is 42.5 Å². The highest BCUT2D eigenvalue weighted by molar-refractivity contribution is 5.99. The first-order valence-electron chi connectivity index (χ1n) is 7.42. The van der Waals surface area contributed by atoms with Gasteiger partial charge < -0.3 is 14.7 Å². The summed E-state index contributed by atoms with van der Waals surface area (Å²) < 4.78 is 5.43. The third-order valence-electron chi connectivity index (χ3n) is 4.02. The van der Waals surface area contributed by atoms with Crippen molar-refractivity contribution in [3.8, 4) is 5.75 Å². The fraction of sp³-hybridized carbons (Fsp3) is 0.278. The highest BCUT2D eigenvalue weighted by Crippen LogP contribution is 2.37. The minimum Gasteiger partial charge on any atom is -0.506 e. The van der Waals surface area contributed by atoms with E-state index in [1.54, 1.807) is 11.0 Å². The first-order valence-corrected chi connectivity index (χ1v) is 7.42. The molecule has 0 fully saturated rings. The summed E-state index contributed by atoms with van der Waals surface area (Å²) in [6.45, 7) is 0.593. The molecule has 0 bridgehead atoms. The van der Waals surface area contributed by atoms with Crippen LogP contribution in [0.1, 0.15) is 23.7 Å². The molecule has 3 rings (SSSR count). The average molecular weight is 297 g/mol. The number of para-hydroxylation sites is 1. The van der Waals surface area contributed by atoms with Gasteiger partial charge >= 0.3 is 0 Å². The van der Waals surface area contributed by atoms with E-state index in [9.17, 15) is 9.90 Å². The number of methoxy groups -OCH3 is 1. The van der Waals surface area contributed by atoms with Crippen molar-refractivity contribution in [2.75, 3.05) is 18.6 Å². The number of phenolic OH excluding ortho intramolecular Hbond substituents is 1. The standard InChI is InChI=1S/C18H19NO3/c1-22-17(14-7-3-2-4-8-14)18(21)19-12-6-10-13-9-5-11-15(20)16(13)19/h2-5,7-9,11,17,20H,6,10,12H2,1H3.